The first kappa shape index (κ1) is 33.0. The molecule has 206 valence electrons. The standard InChI is InChI=1S/C14H16F16O3Si/c1-31-34(32-2,33-7-3-4-9(17,18)19)14(29,30)13(27,28)12(25,26)11(23,24)8(15,16)5-6-10(20,21)22/h3-7H2,1-2H3. The van der Waals surface area contributed by atoms with Gasteiger partial charge in [-0.1, -0.05) is 0 Å². The second-order valence-corrected chi connectivity index (χ2v) is 9.49. The first-order valence-electron chi connectivity index (χ1n) is 8.55. The summed E-state index contributed by atoms with van der Waals surface area (Å²) in [5, 5.41) is 0. The van der Waals surface area contributed by atoms with E-state index in [1.165, 1.54) is 0 Å². The van der Waals surface area contributed by atoms with Gasteiger partial charge in [0.2, 0.25) is 0 Å². The Morgan fingerprint density at radius 1 is 0.529 bits per heavy atom. The van der Waals surface area contributed by atoms with E-state index in [1.54, 1.807) is 0 Å². The average Bonchev–Trinajstić information content (AvgIpc) is 2.64. The van der Waals surface area contributed by atoms with Crippen LogP contribution in [0.2, 0.25) is 0 Å². The third-order valence-corrected chi connectivity index (χ3v) is 6.93. The Bertz CT molecular complexity index is 656. The molecule has 0 aliphatic heterocycles. The SMILES string of the molecule is CO[Si](OC)(OCCCC(F)(F)F)C(F)(F)C(F)(F)C(F)(F)C(F)(F)C(F)(F)CCC(F)(F)F. The van der Waals surface area contributed by atoms with E-state index in [9.17, 15) is 70.2 Å². The van der Waals surface area contributed by atoms with E-state index in [4.69, 9.17) is 0 Å². The normalized spacial score (nSPS) is 15.7. The Balaban J connectivity index is 6.22. The topological polar surface area (TPSA) is 27.7 Å². The number of hydrogen-bond donors (Lipinski definition) is 0. The van der Waals surface area contributed by atoms with Crippen molar-refractivity contribution in [2.75, 3.05) is 20.8 Å². The summed E-state index contributed by atoms with van der Waals surface area (Å²) in [6.45, 7) is -1.57. The molecule has 0 heterocycles. The van der Waals surface area contributed by atoms with Gasteiger partial charge in [-0.3, -0.25) is 0 Å². The largest absolute Gasteiger partial charge is 0.581 e. The van der Waals surface area contributed by atoms with Crippen molar-refractivity contribution in [1.82, 2.24) is 0 Å². The molecule has 0 aromatic heterocycles. The van der Waals surface area contributed by atoms with Crippen molar-refractivity contribution in [3.8, 4) is 0 Å². The second-order valence-electron chi connectivity index (χ2n) is 6.65. The predicted octanol–water partition coefficient (Wildman–Crippen LogP) is 6.64. The molecule has 0 saturated heterocycles. The van der Waals surface area contributed by atoms with Gasteiger partial charge in [-0.25, -0.2) is 0 Å². The molecule has 0 aliphatic carbocycles. The van der Waals surface area contributed by atoms with E-state index >= 15 is 0 Å². The Hall–Kier alpha value is -1.02. The summed E-state index contributed by atoms with van der Waals surface area (Å²) in [6, 6.07) is 0. The number of hydrogen-bond acceptors (Lipinski definition) is 3. The molecule has 0 fully saturated rings. The molecular weight excluding hydrogens is 548 g/mol. The molecule has 0 radical (unpaired) electrons. The summed E-state index contributed by atoms with van der Waals surface area (Å²) in [4.78, 5) is 0. The highest BCUT2D eigenvalue weighted by molar-refractivity contribution is 6.63. The first-order chi connectivity index (χ1) is 14.8. The van der Waals surface area contributed by atoms with Crippen LogP contribution in [0.15, 0.2) is 0 Å². The minimum Gasteiger partial charge on any atom is -0.373 e. The van der Waals surface area contributed by atoms with E-state index in [-0.39, 0.29) is 14.2 Å². The van der Waals surface area contributed by atoms with Crippen molar-refractivity contribution in [2.45, 2.75) is 67.3 Å². The van der Waals surface area contributed by atoms with Crippen molar-refractivity contribution in [3.63, 3.8) is 0 Å². The van der Waals surface area contributed by atoms with Gasteiger partial charge in [-0.05, 0) is 6.42 Å². The lowest BCUT2D eigenvalue weighted by Crippen LogP contribution is -2.75. The molecule has 0 unspecified atom stereocenters. The number of alkyl halides is 16. The Labute approximate surface area is 181 Å². The van der Waals surface area contributed by atoms with Gasteiger partial charge >= 0.3 is 50.4 Å². The molecule has 0 spiro atoms. The van der Waals surface area contributed by atoms with Crippen LogP contribution < -0.4 is 0 Å². The van der Waals surface area contributed by atoms with Crippen molar-refractivity contribution in [2.24, 2.45) is 0 Å². The van der Waals surface area contributed by atoms with E-state index < -0.39 is 82.7 Å². The molecule has 20 heteroatoms. The smallest absolute Gasteiger partial charge is 0.373 e. The monoisotopic (exact) mass is 564 g/mol. The quantitative estimate of drug-likeness (QED) is 0.143. The van der Waals surface area contributed by atoms with Crippen molar-refractivity contribution >= 4 is 8.80 Å². The highest BCUT2D eigenvalue weighted by Gasteiger charge is 2.91. The van der Waals surface area contributed by atoms with Crippen LogP contribution in [0.25, 0.3) is 0 Å². The van der Waals surface area contributed by atoms with Crippen molar-refractivity contribution in [1.29, 1.82) is 0 Å². The summed E-state index contributed by atoms with van der Waals surface area (Å²) in [6.07, 6.45) is -19.6. The fourth-order valence-corrected chi connectivity index (χ4v) is 4.35. The molecular formula is C14H16F16O3Si. The van der Waals surface area contributed by atoms with Crippen LogP contribution in [-0.4, -0.2) is 71.2 Å². The molecule has 0 rings (SSSR count). The van der Waals surface area contributed by atoms with Crippen LogP contribution in [0.5, 0.6) is 0 Å². The molecule has 0 aromatic rings. The third-order valence-electron chi connectivity index (χ3n) is 4.18. The zero-order chi connectivity index (χ0) is 27.7. The van der Waals surface area contributed by atoms with Crippen molar-refractivity contribution in [3.05, 3.63) is 0 Å². The fourth-order valence-electron chi connectivity index (χ4n) is 2.30. The van der Waals surface area contributed by atoms with E-state index in [0.29, 0.717) is 0 Å². The average molecular weight is 564 g/mol. The molecule has 0 bridgehead atoms. The van der Waals surface area contributed by atoms with Crippen LogP contribution in [0.1, 0.15) is 25.7 Å². The lowest BCUT2D eigenvalue weighted by molar-refractivity contribution is -0.397. The van der Waals surface area contributed by atoms with E-state index in [0.717, 1.165) is 0 Å². The van der Waals surface area contributed by atoms with Crippen LogP contribution >= 0.6 is 0 Å². The fraction of sp³-hybridized carbons (Fsp3) is 1.00. The maximum atomic E-state index is 14.4. The van der Waals surface area contributed by atoms with Crippen LogP contribution in [-0.2, 0) is 13.3 Å². The maximum absolute atomic E-state index is 14.4. The summed E-state index contributed by atoms with van der Waals surface area (Å²) in [5.74, 6) is -29.4. The summed E-state index contributed by atoms with van der Waals surface area (Å²) in [7, 11) is -6.61. The highest BCUT2D eigenvalue weighted by atomic mass is 28.4. The van der Waals surface area contributed by atoms with Crippen LogP contribution in [0.3, 0.4) is 0 Å². The van der Waals surface area contributed by atoms with Gasteiger partial charge in [0.25, 0.3) is 0 Å². The molecule has 3 nitrogen and oxygen atoms in total. The molecule has 0 amide bonds. The van der Waals surface area contributed by atoms with E-state index in [2.05, 4.69) is 13.3 Å². The predicted molar refractivity (Wildman–Crippen MR) is 81.0 cm³/mol. The lowest BCUT2D eigenvalue weighted by atomic mass is 9.95. The molecule has 0 N–H and O–H groups in total. The minimum atomic E-state index is -7.75. The molecule has 0 atom stereocenters. The van der Waals surface area contributed by atoms with Gasteiger partial charge in [0, 0.05) is 40.1 Å². The van der Waals surface area contributed by atoms with Gasteiger partial charge in [0.15, 0.2) is 0 Å². The van der Waals surface area contributed by atoms with Crippen molar-refractivity contribution < 1.29 is 83.5 Å². The van der Waals surface area contributed by atoms with Gasteiger partial charge in [-0.15, -0.1) is 0 Å². The Morgan fingerprint density at radius 3 is 1.29 bits per heavy atom. The minimum absolute atomic E-state index is 0.0394. The molecule has 0 aromatic carbocycles. The van der Waals surface area contributed by atoms with Crippen LogP contribution in [0.4, 0.5) is 70.2 Å². The maximum Gasteiger partial charge on any atom is 0.581 e. The van der Waals surface area contributed by atoms with Gasteiger partial charge in [0.1, 0.15) is 0 Å². The number of halogens is 16. The molecule has 0 saturated carbocycles. The Kier molecular flexibility index (Phi) is 9.85. The number of rotatable bonds is 13. The first-order valence-corrected chi connectivity index (χ1v) is 10.3. The molecule has 34 heavy (non-hydrogen) atoms. The summed E-state index contributed by atoms with van der Waals surface area (Å²) >= 11 is 0. The molecule has 0 aliphatic rings. The summed E-state index contributed by atoms with van der Waals surface area (Å²) in [5.41, 5.74) is -6.70. The lowest BCUT2D eigenvalue weighted by Gasteiger charge is -2.43. The zero-order valence-electron chi connectivity index (χ0n) is 16.8. The summed E-state index contributed by atoms with van der Waals surface area (Å²) < 4.78 is 223. The Morgan fingerprint density at radius 2 is 0.941 bits per heavy atom. The zero-order valence-corrected chi connectivity index (χ0v) is 17.8. The van der Waals surface area contributed by atoms with Crippen LogP contribution in [0, 0.1) is 0 Å². The second kappa shape index (κ2) is 10.2. The van der Waals surface area contributed by atoms with Gasteiger partial charge in [-0.2, -0.15) is 70.2 Å². The van der Waals surface area contributed by atoms with Gasteiger partial charge in [0.05, 0.1) is 0 Å². The van der Waals surface area contributed by atoms with E-state index in [1.807, 2.05) is 0 Å². The van der Waals surface area contributed by atoms with Gasteiger partial charge < -0.3 is 13.3 Å². The third kappa shape index (κ3) is 6.39. The highest BCUT2D eigenvalue weighted by Crippen LogP contribution is 2.60.